The molecule has 1 atom stereocenters. The summed E-state index contributed by atoms with van der Waals surface area (Å²) in [7, 11) is 0. The summed E-state index contributed by atoms with van der Waals surface area (Å²) < 4.78 is 0. The Labute approximate surface area is 98.7 Å². The first-order valence-corrected chi connectivity index (χ1v) is 6.37. The molecule has 0 N–H and O–H groups in total. The maximum atomic E-state index is 4.58. The lowest BCUT2D eigenvalue weighted by atomic mass is 10.00. The van der Waals surface area contributed by atoms with Crippen molar-refractivity contribution < 1.29 is 0 Å². The molecular weight excluding hydrogens is 196 g/mol. The van der Waals surface area contributed by atoms with Crippen molar-refractivity contribution in [1.29, 1.82) is 0 Å². The van der Waals surface area contributed by atoms with E-state index in [1.807, 2.05) is 6.20 Å². The molecule has 1 aromatic rings. The highest BCUT2D eigenvalue weighted by Crippen LogP contribution is 2.22. The fourth-order valence-electron chi connectivity index (χ4n) is 2.32. The maximum absolute atomic E-state index is 4.58. The number of piperidine rings is 1. The molecule has 2 rings (SSSR count). The molecule has 1 aliphatic heterocycles. The minimum atomic E-state index is 0.571. The van der Waals surface area contributed by atoms with Crippen LogP contribution in [0.25, 0.3) is 0 Å². The van der Waals surface area contributed by atoms with Crippen LogP contribution in [0, 0.1) is 5.92 Å². The van der Waals surface area contributed by atoms with Gasteiger partial charge in [0.2, 0.25) is 0 Å². The number of rotatable bonds is 2. The van der Waals surface area contributed by atoms with E-state index in [4.69, 9.17) is 0 Å². The SMILES string of the molecule is CC(C)c1ccc(N2CCC[C@H](C)C2)nc1. The van der Waals surface area contributed by atoms with Gasteiger partial charge in [0.15, 0.2) is 0 Å². The van der Waals surface area contributed by atoms with Crippen LogP contribution in [0.15, 0.2) is 18.3 Å². The Hall–Kier alpha value is -1.05. The lowest BCUT2D eigenvalue weighted by Crippen LogP contribution is -2.34. The van der Waals surface area contributed by atoms with Gasteiger partial charge in [-0.25, -0.2) is 4.98 Å². The quantitative estimate of drug-likeness (QED) is 0.756. The second-order valence-electron chi connectivity index (χ2n) is 5.30. The summed E-state index contributed by atoms with van der Waals surface area (Å²) in [6.07, 6.45) is 4.69. The van der Waals surface area contributed by atoms with Crippen LogP contribution in [0.5, 0.6) is 0 Å². The molecule has 0 amide bonds. The van der Waals surface area contributed by atoms with Crippen LogP contribution in [0.3, 0.4) is 0 Å². The Balaban J connectivity index is 2.09. The van der Waals surface area contributed by atoms with Crippen LogP contribution >= 0.6 is 0 Å². The fraction of sp³-hybridized carbons (Fsp3) is 0.643. The topological polar surface area (TPSA) is 16.1 Å². The van der Waals surface area contributed by atoms with E-state index in [2.05, 4.69) is 42.8 Å². The fourth-order valence-corrected chi connectivity index (χ4v) is 2.32. The van der Waals surface area contributed by atoms with Gasteiger partial charge in [0.05, 0.1) is 0 Å². The van der Waals surface area contributed by atoms with E-state index in [9.17, 15) is 0 Å². The summed E-state index contributed by atoms with van der Waals surface area (Å²) in [4.78, 5) is 7.00. The van der Waals surface area contributed by atoms with Gasteiger partial charge in [-0.1, -0.05) is 26.8 Å². The van der Waals surface area contributed by atoms with Gasteiger partial charge >= 0.3 is 0 Å². The van der Waals surface area contributed by atoms with Crippen molar-refractivity contribution in [3.63, 3.8) is 0 Å². The minimum absolute atomic E-state index is 0.571. The Morgan fingerprint density at radius 3 is 2.75 bits per heavy atom. The van der Waals surface area contributed by atoms with Crippen molar-refractivity contribution in [2.45, 2.75) is 39.5 Å². The van der Waals surface area contributed by atoms with Gasteiger partial charge in [-0.05, 0) is 36.3 Å². The molecule has 0 aliphatic carbocycles. The molecule has 0 spiro atoms. The molecule has 1 aromatic heterocycles. The average molecular weight is 218 g/mol. The monoisotopic (exact) mass is 218 g/mol. The highest BCUT2D eigenvalue weighted by Gasteiger charge is 2.17. The predicted octanol–water partition coefficient (Wildman–Crippen LogP) is 3.44. The zero-order valence-electron chi connectivity index (χ0n) is 10.6. The first-order chi connectivity index (χ1) is 7.66. The third-order valence-electron chi connectivity index (χ3n) is 3.42. The average Bonchev–Trinajstić information content (AvgIpc) is 2.29. The van der Waals surface area contributed by atoms with Crippen LogP contribution in [-0.4, -0.2) is 18.1 Å². The van der Waals surface area contributed by atoms with Gasteiger partial charge < -0.3 is 4.90 Å². The van der Waals surface area contributed by atoms with Gasteiger partial charge in [-0.15, -0.1) is 0 Å². The Bertz CT molecular complexity index is 329. The maximum Gasteiger partial charge on any atom is 0.128 e. The molecule has 1 aliphatic rings. The number of nitrogens with zero attached hydrogens (tertiary/aromatic N) is 2. The minimum Gasteiger partial charge on any atom is -0.356 e. The lowest BCUT2D eigenvalue weighted by Gasteiger charge is -2.31. The van der Waals surface area contributed by atoms with E-state index in [1.54, 1.807) is 0 Å². The van der Waals surface area contributed by atoms with Crippen molar-refractivity contribution >= 4 is 5.82 Å². The first-order valence-electron chi connectivity index (χ1n) is 6.37. The molecule has 2 nitrogen and oxygen atoms in total. The van der Waals surface area contributed by atoms with Crippen LogP contribution in [0.4, 0.5) is 5.82 Å². The summed E-state index contributed by atoms with van der Waals surface area (Å²) >= 11 is 0. The number of pyridine rings is 1. The molecule has 0 unspecified atom stereocenters. The van der Waals surface area contributed by atoms with Crippen molar-refractivity contribution in [2.24, 2.45) is 5.92 Å². The summed E-state index contributed by atoms with van der Waals surface area (Å²) in [5, 5.41) is 0. The number of aromatic nitrogens is 1. The van der Waals surface area contributed by atoms with E-state index >= 15 is 0 Å². The van der Waals surface area contributed by atoms with Crippen LogP contribution in [0.1, 0.15) is 45.1 Å². The Morgan fingerprint density at radius 2 is 2.19 bits per heavy atom. The molecule has 0 radical (unpaired) electrons. The number of hydrogen-bond acceptors (Lipinski definition) is 2. The molecule has 1 saturated heterocycles. The summed E-state index contributed by atoms with van der Waals surface area (Å²) in [6.45, 7) is 9.07. The van der Waals surface area contributed by atoms with Crippen LogP contribution in [-0.2, 0) is 0 Å². The molecular formula is C14H22N2. The largest absolute Gasteiger partial charge is 0.356 e. The van der Waals surface area contributed by atoms with E-state index in [0.717, 1.165) is 18.3 Å². The van der Waals surface area contributed by atoms with Gasteiger partial charge in [0.1, 0.15) is 5.82 Å². The van der Waals surface area contributed by atoms with Crippen LogP contribution in [0.2, 0.25) is 0 Å². The molecule has 2 heterocycles. The predicted molar refractivity (Wildman–Crippen MR) is 68.9 cm³/mol. The highest BCUT2D eigenvalue weighted by molar-refractivity contribution is 5.40. The third kappa shape index (κ3) is 2.55. The van der Waals surface area contributed by atoms with E-state index in [1.165, 1.54) is 24.9 Å². The molecule has 0 bridgehead atoms. The normalized spacial score (nSPS) is 21.5. The first kappa shape index (κ1) is 11.4. The van der Waals surface area contributed by atoms with E-state index in [0.29, 0.717) is 5.92 Å². The van der Waals surface area contributed by atoms with Crippen molar-refractivity contribution in [3.8, 4) is 0 Å². The van der Waals surface area contributed by atoms with Crippen molar-refractivity contribution in [2.75, 3.05) is 18.0 Å². The Morgan fingerprint density at radius 1 is 1.38 bits per heavy atom. The second-order valence-corrected chi connectivity index (χ2v) is 5.30. The summed E-state index contributed by atoms with van der Waals surface area (Å²) in [5.41, 5.74) is 1.33. The molecule has 2 heteroatoms. The van der Waals surface area contributed by atoms with Gasteiger partial charge in [-0.3, -0.25) is 0 Å². The molecule has 16 heavy (non-hydrogen) atoms. The van der Waals surface area contributed by atoms with Crippen molar-refractivity contribution in [3.05, 3.63) is 23.9 Å². The molecule has 88 valence electrons. The van der Waals surface area contributed by atoms with E-state index in [-0.39, 0.29) is 0 Å². The lowest BCUT2D eigenvalue weighted by molar-refractivity contribution is 0.444. The van der Waals surface area contributed by atoms with Gasteiger partial charge in [0, 0.05) is 19.3 Å². The molecule has 0 aromatic carbocycles. The summed E-state index contributed by atoms with van der Waals surface area (Å²) in [6, 6.07) is 4.39. The zero-order valence-corrected chi connectivity index (χ0v) is 10.6. The van der Waals surface area contributed by atoms with Gasteiger partial charge in [-0.2, -0.15) is 0 Å². The smallest absolute Gasteiger partial charge is 0.128 e. The Kier molecular flexibility index (Phi) is 3.47. The summed E-state index contributed by atoms with van der Waals surface area (Å²) in [5.74, 6) is 2.53. The van der Waals surface area contributed by atoms with Crippen LogP contribution < -0.4 is 4.90 Å². The molecule has 1 fully saturated rings. The van der Waals surface area contributed by atoms with Gasteiger partial charge in [0.25, 0.3) is 0 Å². The standard InChI is InChI=1S/C14H22N2/c1-11(2)13-6-7-14(15-9-13)16-8-4-5-12(3)10-16/h6-7,9,11-12H,4-5,8,10H2,1-3H3/t12-/m0/s1. The van der Waals surface area contributed by atoms with Crippen molar-refractivity contribution in [1.82, 2.24) is 4.98 Å². The number of anilines is 1. The third-order valence-corrected chi connectivity index (χ3v) is 3.42. The molecule has 0 saturated carbocycles. The number of hydrogen-bond donors (Lipinski definition) is 0. The zero-order chi connectivity index (χ0) is 11.5. The highest BCUT2D eigenvalue weighted by atomic mass is 15.2. The second kappa shape index (κ2) is 4.86. The van der Waals surface area contributed by atoms with E-state index < -0.39 is 0 Å².